The number of aromatic nitrogens is 1. The Morgan fingerprint density at radius 1 is 1.21 bits per heavy atom. The Balaban J connectivity index is 1.44. The van der Waals surface area contributed by atoms with Gasteiger partial charge in [-0.25, -0.2) is 4.98 Å². The first-order chi connectivity index (χ1) is 13.6. The molecule has 1 amide bonds. The standard InChI is InChI=1S/C22H28N2O3S/c1-15(2)21-24-17(13-28-21)12-20(25)23-14-22(7-3-4-8-22)16-5-6-18-19(11-16)27-10-9-26-18/h5-6,11,13,15H,3-4,7-10,12,14H2,1-2H3,(H,23,25). The predicted octanol–water partition coefficient (Wildman–Crippen LogP) is 4.21. The third kappa shape index (κ3) is 4.02. The van der Waals surface area contributed by atoms with E-state index >= 15 is 0 Å². The Labute approximate surface area is 170 Å². The Kier molecular flexibility index (Phi) is 5.58. The summed E-state index contributed by atoms with van der Waals surface area (Å²) in [4.78, 5) is 17.1. The molecule has 0 saturated heterocycles. The largest absolute Gasteiger partial charge is 0.486 e. The monoisotopic (exact) mass is 400 g/mol. The van der Waals surface area contributed by atoms with Crippen molar-refractivity contribution in [2.24, 2.45) is 0 Å². The molecule has 1 aliphatic heterocycles. The van der Waals surface area contributed by atoms with Crippen molar-refractivity contribution in [2.45, 2.75) is 57.3 Å². The van der Waals surface area contributed by atoms with Crippen molar-refractivity contribution in [1.29, 1.82) is 0 Å². The van der Waals surface area contributed by atoms with Crippen molar-refractivity contribution in [3.8, 4) is 11.5 Å². The van der Waals surface area contributed by atoms with Gasteiger partial charge in [0, 0.05) is 23.3 Å². The van der Waals surface area contributed by atoms with Crippen LogP contribution < -0.4 is 14.8 Å². The van der Waals surface area contributed by atoms with Crippen molar-refractivity contribution in [3.05, 3.63) is 39.8 Å². The van der Waals surface area contributed by atoms with Gasteiger partial charge in [-0.3, -0.25) is 4.79 Å². The third-order valence-corrected chi connectivity index (χ3v) is 6.94. The topological polar surface area (TPSA) is 60.5 Å². The minimum Gasteiger partial charge on any atom is -0.486 e. The van der Waals surface area contributed by atoms with Crippen LogP contribution in [0.15, 0.2) is 23.6 Å². The molecule has 28 heavy (non-hydrogen) atoms. The van der Waals surface area contributed by atoms with E-state index in [1.54, 1.807) is 11.3 Å². The van der Waals surface area contributed by atoms with E-state index in [-0.39, 0.29) is 11.3 Å². The van der Waals surface area contributed by atoms with Crippen molar-refractivity contribution in [2.75, 3.05) is 19.8 Å². The molecule has 0 atom stereocenters. The van der Waals surface area contributed by atoms with Crippen LogP contribution in [0.1, 0.15) is 61.7 Å². The third-order valence-electron chi connectivity index (χ3n) is 5.74. The van der Waals surface area contributed by atoms with Crippen LogP contribution in [-0.4, -0.2) is 30.6 Å². The fraction of sp³-hybridized carbons (Fsp3) is 0.545. The molecule has 4 rings (SSSR count). The molecule has 5 nitrogen and oxygen atoms in total. The number of ether oxygens (including phenoxy) is 2. The van der Waals surface area contributed by atoms with Crippen LogP contribution in [0.25, 0.3) is 0 Å². The van der Waals surface area contributed by atoms with Gasteiger partial charge >= 0.3 is 0 Å². The summed E-state index contributed by atoms with van der Waals surface area (Å²) in [6.45, 7) is 6.10. The predicted molar refractivity (Wildman–Crippen MR) is 110 cm³/mol. The Morgan fingerprint density at radius 2 is 1.96 bits per heavy atom. The lowest BCUT2D eigenvalue weighted by Crippen LogP contribution is -2.39. The summed E-state index contributed by atoms with van der Waals surface area (Å²) in [5, 5.41) is 6.27. The highest BCUT2D eigenvalue weighted by atomic mass is 32.1. The normalized spacial score (nSPS) is 17.7. The lowest BCUT2D eigenvalue weighted by atomic mass is 9.78. The molecule has 1 fully saturated rings. The van der Waals surface area contributed by atoms with Crippen LogP contribution in [0.4, 0.5) is 0 Å². The zero-order valence-corrected chi connectivity index (χ0v) is 17.4. The number of amides is 1. The Morgan fingerprint density at radius 3 is 2.68 bits per heavy atom. The molecular weight excluding hydrogens is 372 g/mol. The number of thiazole rings is 1. The molecule has 1 aliphatic carbocycles. The number of benzene rings is 1. The average molecular weight is 401 g/mol. The summed E-state index contributed by atoms with van der Waals surface area (Å²) in [6, 6.07) is 6.26. The summed E-state index contributed by atoms with van der Waals surface area (Å²) in [7, 11) is 0. The van der Waals surface area contributed by atoms with Gasteiger partial charge in [-0.1, -0.05) is 32.8 Å². The quantitative estimate of drug-likeness (QED) is 0.789. The Bertz CT molecular complexity index is 840. The lowest BCUT2D eigenvalue weighted by Gasteiger charge is -2.31. The van der Waals surface area contributed by atoms with Gasteiger partial charge in [0.25, 0.3) is 0 Å². The van der Waals surface area contributed by atoms with Gasteiger partial charge in [0.05, 0.1) is 17.1 Å². The maximum absolute atomic E-state index is 12.6. The van der Waals surface area contributed by atoms with E-state index in [2.05, 4.69) is 36.3 Å². The smallest absolute Gasteiger partial charge is 0.226 e. The second kappa shape index (κ2) is 8.11. The SMILES string of the molecule is CC(C)c1nc(CC(=O)NCC2(c3ccc4c(c3)OCCO4)CCCC2)cs1. The van der Waals surface area contributed by atoms with Gasteiger partial charge in [0.2, 0.25) is 5.91 Å². The second-order valence-corrected chi connectivity index (χ2v) is 9.02. The van der Waals surface area contributed by atoms with E-state index in [4.69, 9.17) is 9.47 Å². The maximum atomic E-state index is 12.6. The summed E-state index contributed by atoms with van der Waals surface area (Å²) < 4.78 is 11.4. The number of hydrogen-bond acceptors (Lipinski definition) is 5. The fourth-order valence-corrected chi connectivity index (χ4v) is 4.99. The van der Waals surface area contributed by atoms with Crippen LogP contribution in [0.3, 0.4) is 0 Å². The summed E-state index contributed by atoms with van der Waals surface area (Å²) in [5.41, 5.74) is 2.09. The minimum atomic E-state index is -0.0172. The van der Waals surface area contributed by atoms with Crippen LogP contribution in [-0.2, 0) is 16.6 Å². The summed E-state index contributed by atoms with van der Waals surface area (Å²) in [5.74, 6) is 2.09. The molecule has 1 aromatic heterocycles. The fourth-order valence-electron chi connectivity index (χ4n) is 4.16. The zero-order chi connectivity index (χ0) is 19.6. The average Bonchev–Trinajstić information content (AvgIpc) is 3.36. The molecule has 0 unspecified atom stereocenters. The van der Waals surface area contributed by atoms with Crippen molar-refractivity contribution >= 4 is 17.2 Å². The molecular formula is C22H28N2O3S. The highest BCUT2D eigenvalue weighted by molar-refractivity contribution is 7.09. The number of fused-ring (bicyclic) bond motifs is 1. The molecule has 1 saturated carbocycles. The van der Waals surface area contributed by atoms with E-state index in [1.165, 1.54) is 18.4 Å². The first-order valence-corrected chi connectivity index (χ1v) is 11.0. The van der Waals surface area contributed by atoms with Crippen molar-refractivity contribution < 1.29 is 14.3 Å². The first kappa shape index (κ1) is 19.2. The van der Waals surface area contributed by atoms with Crippen LogP contribution >= 0.6 is 11.3 Å². The van der Waals surface area contributed by atoms with Gasteiger partial charge in [-0.2, -0.15) is 0 Å². The highest BCUT2D eigenvalue weighted by Crippen LogP contribution is 2.43. The maximum Gasteiger partial charge on any atom is 0.226 e. The minimum absolute atomic E-state index is 0.0172. The zero-order valence-electron chi connectivity index (χ0n) is 16.6. The van der Waals surface area contributed by atoms with Gasteiger partial charge in [-0.15, -0.1) is 11.3 Å². The summed E-state index contributed by atoms with van der Waals surface area (Å²) in [6.07, 6.45) is 4.89. The molecule has 0 radical (unpaired) electrons. The molecule has 6 heteroatoms. The van der Waals surface area contributed by atoms with Gasteiger partial charge in [0.1, 0.15) is 13.2 Å². The highest BCUT2D eigenvalue weighted by Gasteiger charge is 2.36. The number of carbonyl (C=O) groups is 1. The summed E-state index contributed by atoms with van der Waals surface area (Å²) >= 11 is 1.64. The van der Waals surface area contributed by atoms with E-state index in [0.717, 1.165) is 35.0 Å². The number of nitrogens with zero attached hydrogens (tertiary/aromatic N) is 1. The Hall–Kier alpha value is -2.08. The molecule has 2 heterocycles. The molecule has 1 aromatic carbocycles. The molecule has 0 bridgehead atoms. The van der Waals surface area contributed by atoms with E-state index < -0.39 is 0 Å². The molecule has 1 N–H and O–H groups in total. The first-order valence-electron chi connectivity index (χ1n) is 10.2. The second-order valence-electron chi connectivity index (χ2n) is 8.13. The van der Waals surface area contributed by atoms with E-state index in [0.29, 0.717) is 32.1 Å². The van der Waals surface area contributed by atoms with E-state index in [9.17, 15) is 4.79 Å². The lowest BCUT2D eigenvalue weighted by molar-refractivity contribution is -0.120. The van der Waals surface area contributed by atoms with E-state index in [1.807, 2.05) is 11.4 Å². The molecule has 150 valence electrons. The van der Waals surface area contributed by atoms with Gasteiger partial charge in [-0.05, 0) is 30.5 Å². The van der Waals surface area contributed by atoms with Crippen molar-refractivity contribution in [1.82, 2.24) is 10.3 Å². The number of carbonyl (C=O) groups excluding carboxylic acids is 1. The number of rotatable bonds is 6. The number of nitrogens with one attached hydrogen (secondary N) is 1. The molecule has 2 aromatic rings. The molecule has 0 spiro atoms. The van der Waals surface area contributed by atoms with Crippen LogP contribution in [0.2, 0.25) is 0 Å². The molecule has 2 aliphatic rings. The number of hydrogen-bond donors (Lipinski definition) is 1. The van der Waals surface area contributed by atoms with Gasteiger partial charge < -0.3 is 14.8 Å². The van der Waals surface area contributed by atoms with Crippen LogP contribution in [0, 0.1) is 0 Å². The van der Waals surface area contributed by atoms with Crippen molar-refractivity contribution in [3.63, 3.8) is 0 Å². The van der Waals surface area contributed by atoms with Crippen LogP contribution in [0.5, 0.6) is 11.5 Å². The van der Waals surface area contributed by atoms with Gasteiger partial charge in [0.15, 0.2) is 11.5 Å².